The molecule has 90 valence electrons. The standard InChI is InChI=1S/C13H27NO/c1-5-12(4)13(10-14-11(2)3)6-8-15-9-7-13/h11-12,14H,5-10H2,1-4H3. The smallest absolute Gasteiger partial charge is 0.0471 e. The maximum Gasteiger partial charge on any atom is 0.0471 e. The molecular formula is C13H27NO. The molecule has 0 radical (unpaired) electrons. The zero-order valence-corrected chi connectivity index (χ0v) is 10.8. The molecule has 0 aliphatic carbocycles. The Morgan fingerprint density at radius 1 is 1.20 bits per heavy atom. The van der Waals surface area contributed by atoms with Gasteiger partial charge in [-0.15, -0.1) is 0 Å². The molecule has 1 fully saturated rings. The van der Waals surface area contributed by atoms with Gasteiger partial charge >= 0.3 is 0 Å². The second-order valence-electron chi connectivity index (χ2n) is 5.32. The number of hydrogen-bond acceptors (Lipinski definition) is 2. The van der Waals surface area contributed by atoms with Crippen LogP contribution in [0, 0.1) is 11.3 Å². The van der Waals surface area contributed by atoms with Crippen molar-refractivity contribution in [3.8, 4) is 0 Å². The van der Waals surface area contributed by atoms with E-state index in [4.69, 9.17) is 4.74 Å². The highest BCUT2D eigenvalue weighted by Gasteiger charge is 2.36. The Morgan fingerprint density at radius 3 is 2.27 bits per heavy atom. The molecule has 1 rings (SSSR count). The van der Waals surface area contributed by atoms with Crippen LogP contribution in [0.3, 0.4) is 0 Å². The lowest BCUT2D eigenvalue weighted by Crippen LogP contribution is -2.45. The van der Waals surface area contributed by atoms with Crippen LogP contribution in [0.25, 0.3) is 0 Å². The van der Waals surface area contributed by atoms with Crippen LogP contribution in [-0.2, 0) is 4.74 Å². The second kappa shape index (κ2) is 5.86. The van der Waals surface area contributed by atoms with E-state index in [0.29, 0.717) is 11.5 Å². The molecule has 1 atom stereocenters. The molecule has 1 heterocycles. The predicted molar refractivity (Wildman–Crippen MR) is 65.1 cm³/mol. The van der Waals surface area contributed by atoms with Crippen molar-refractivity contribution < 1.29 is 4.74 Å². The van der Waals surface area contributed by atoms with Crippen LogP contribution in [0.2, 0.25) is 0 Å². The van der Waals surface area contributed by atoms with E-state index in [2.05, 4.69) is 33.0 Å². The molecule has 0 amide bonds. The minimum absolute atomic E-state index is 0.483. The summed E-state index contributed by atoms with van der Waals surface area (Å²) in [6, 6.07) is 0.591. The van der Waals surface area contributed by atoms with Gasteiger partial charge in [0.25, 0.3) is 0 Å². The fourth-order valence-corrected chi connectivity index (χ4v) is 2.46. The quantitative estimate of drug-likeness (QED) is 0.758. The van der Waals surface area contributed by atoms with E-state index < -0.39 is 0 Å². The molecule has 0 aromatic carbocycles. The minimum Gasteiger partial charge on any atom is -0.381 e. The molecule has 1 N–H and O–H groups in total. The molecule has 1 saturated heterocycles. The first kappa shape index (κ1) is 13.0. The van der Waals surface area contributed by atoms with E-state index in [1.165, 1.54) is 19.3 Å². The third kappa shape index (κ3) is 3.46. The Hall–Kier alpha value is -0.0800. The fourth-order valence-electron chi connectivity index (χ4n) is 2.46. The Labute approximate surface area is 94.8 Å². The summed E-state index contributed by atoms with van der Waals surface area (Å²) in [4.78, 5) is 0. The number of hydrogen-bond donors (Lipinski definition) is 1. The van der Waals surface area contributed by atoms with Gasteiger partial charge in [0.05, 0.1) is 0 Å². The largest absolute Gasteiger partial charge is 0.381 e. The lowest BCUT2D eigenvalue weighted by Gasteiger charge is -2.42. The molecule has 0 aromatic rings. The van der Waals surface area contributed by atoms with Gasteiger partial charge in [0.2, 0.25) is 0 Å². The summed E-state index contributed by atoms with van der Waals surface area (Å²) in [6.07, 6.45) is 3.73. The normalized spacial score (nSPS) is 23.0. The SMILES string of the molecule is CCC(C)C1(CNC(C)C)CCOCC1. The van der Waals surface area contributed by atoms with Gasteiger partial charge in [-0.05, 0) is 24.2 Å². The van der Waals surface area contributed by atoms with E-state index in [-0.39, 0.29) is 0 Å². The van der Waals surface area contributed by atoms with Crippen molar-refractivity contribution in [2.75, 3.05) is 19.8 Å². The number of nitrogens with one attached hydrogen (secondary N) is 1. The Bertz CT molecular complexity index is 173. The molecule has 1 aliphatic rings. The fraction of sp³-hybridized carbons (Fsp3) is 1.00. The van der Waals surface area contributed by atoms with Gasteiger partial charge in [-0.2, -0.15) is 0 Å². The minimum atomic E-state index is 0.483. The third-order valence-electron chi connectivity index (χ3n) is 4.01. The maximum absolute atomic E-state index is 5.50. The Balaban J connectivity index is 2.58. The van der Waals surface area contributed by atoms with Gasteiger partial charge in [0.1, 0.15) is 0 Å². The number of rotatable bonds is 5. The van der Waals surface area contributed by atoms with Gasteiger partial charge < -0.3 is 10.1 Å². The van der Waals surface area contributed by atoms with Crippen molar-refractivity contribution in [2.45, 2.75) is 53.0 Å². The van der Waals surface area contributed by atoms with Crippen molar-refractivity contribution in [1.82, 2.24) is 5.32 Å². The molecule has 1 aliphatic heterocycles. The first-order valence-corrected chi connectivity index (χ1v) is 6.42. The zero-order chi connectivity index (χ0) is 11.3. The summed E-state index contributed by atoms with van der Waals surface area (Å²) < 4.78 is 5.50. The van der Waals surface area contributed by atoms with Crippen molar-refractivity contribution >= 4 is 0 Å². The van der Waals surface area contributed by atoms with Crippen molar-refractivity contribution in [3.05, 3.63) is 0 Å². The molecule has 15 heavy (non-hydrogen) atoms. The Morgan fingerprint density at radius 2 is 1.80 bits per heavy atom. The zero-order valence-electron chi connectivity index (χ0n) is 10.8. The molecule has 0 spiro atoms. The lowest BCUT2D eigenvalue weighted by atomic mass is 9.69. The van der Waals surface area contributed by atoms with Gasteiger partial charge in [0, 0.05) is 25.8 Å². The summed E-state index contributed by atoms with van der Waals surface area (Å²) in [6.45, 7) is 12.2. The van der Waals surface area contributed by atoms with Crippen LogP contribution in [-0.4, -0.2) is 25.8 Å². The van der Waals surface area contributed by atoms with Gasteiger partial charge in [-0.3, -0.25) is 0 Å². The molecule has 0 bridgehead atoms. The topological polar surface area (TPSA) is 21.3 Å². The molecule has 0 saturated carbocycles. The van der Waals surface area contributed by atoms with E-state index >= 15 is 0 Å². The first-order valence-electron chi connectivity index (χ1n) is 6.42. The van der Waals surface area contributed by atoms with Crippen molar-refractivity contribution in [1.29, 1.82) is 0 Å². The van der Waals surface area contributed by atoms with Crippen LogP contribution in [0.15, 0.2) is 0 Å². The number of ether oxygens (including phenoxy) is 1. The average molecular weight is 213 g/mol. The highest BCUT2D eigenvalue weighted by Crippen LogP contribution is 2.39. The van der Waals surface area contributed by atoms with Crippen LogP contribution in [0.4, 0.5) is 0 Å². The summed E-state index contributed by atoms with van der Waals surface area (Å²) in [5, 5.41) is 3.62. The van der Waals surface area contributed by atoms with E-state index in [1.54, 1.807) is 0 Å². The summed E-state index contributed by atoms with van der Waals surface area (Å²) in [5.74, 6) is 0.799. The van der Waals surface area contributed by atoms with Crippen LogP contribution in [0.1, 0.15) is 47.0 Å². The molecular weight excluding hydrogens is 186 g/mol. The van der Waals surface area contributed by atoms with Crippen LogP contribution in [0.5, 0.6) is 0 Å². The van der Waals surface area contributed by atoms with Crippen molar-refractivity contribution in [2.24, 2.45) is 11.3 Å². The Kier molecular flexibility index (Phi) is 5.07. The van der Waals surface area contributed by atoms with E-state index in [9.17, 15) is 0 Å². The lowest BCUT2D eigenvalue weighted by molar-refractivity contribution is -0.0158. The second-order valence-corrected chi connectivity index (χ2v) is 5.32. The molecule has 1 unspecified atom stereocenters. The highest BCUT2D eigenvalue weighted by molar-refractivity contribution is 4.88. The predicted octanol–water partition coefficient (Wildman–Crippen LogP) is 2.83. The van der Waals surface area contributed by atoms with Crippen LogP contribution >= 0.6 is 0 Å². The maximum atomic E-state index is 5.50. The van der Waals surface area contributed by atoms with Gasteiger partial charge in [-0.25, -0.2) is 0 Å². The summed E-state index contributed by atoms with van der Waals surface area (Å²) in [5.41, 5.74) is 0.483. The van der Waals surface area contributed by atoms with Crippen molar-refractivity contribution in [3.63, 3.8) is 0 Å². The monoisotopic (exact) mass is 213 g/mol. The van der Waals surface area contributed by atoms with Gasteiger partial charge in [0.15, 0.2) is 0 Å². The van der Waals surface area contributed by atoms with E-state index in [1.807, 2.05) is 0 Å². The molecule has 0 aromatic heterocycles. The highest BCUT2D eigenvalue weighted by atomic mass is 16.5. The third-order valence-corrected chi connectivity index (χ3v) is 4.01. The van der Waals surface area contributed by atoms with Gasteiger partial charge in [-0.1, -0.05) is 34.1 Å². The van der Waals surface area contributed by atoms with E-state index in [0.717, 1.165) is 25.7 Å². The molecule has 2 heteroatoms. The van der Waals surface area contributed by atoms with Crippen LogP contribution < -0.4 is 5.32 Å². The first-order chi connectivity index (χ1) is 7.10. The molecule has 2 nitrogen and oxygen atoms in total. The summed E-state index contributed by atoms with van der Waals surface area (Å²) >= 11 is 0. The average Bonchev–Trinajstić information content (AvgIpc) is 2.26. The summed E-state index contributed by atoms with van der Waals surface area (Å²) in [7, 11) is 0.